The highest BCUT2D eigenvalue weighted by Gasteiger charge is 2.24. The van der Waals surface area contributed by atoms with E-state index in [1.165, 1.54) is 25.7 Å². The van der Waals surface area contributed by atoms with Crippen LogP contribution in [0.1, 0.15) is 32.6 Å². The topological polar surface area (TPSA) is 29.0 Å². The molecule has 3 nitrogen and oxygen atoms in total. The van der Waals surface area contributed by atoms with Gasteiger partial charge in [0.15, 0.2) is 0 Å². The number of hydrogen-bond donors (Lipinski definition) is 0. The fraction of sp³-hybridized carbons (Fsp3) is 0.636. The Morgan fingerprint density at radius 1 is 1.53 bits per heavy atom. The first-order chi connectivity index (χ1) is 7.31. The molecule has 0 N–H and O–H groups in total. The number of nitrogens with zero attached hydrogens (tertiary/aromatic N) is 3. The van der Waals surface area contributed by atoms with Crippen LogP contribution in [-0.2, 0) is 0 Å². The van der Waals surface area contributed by atoms with Crippen LogP contribution in [-0.4, -0.2) is 22.6 Å². The fourth-order valence-corrected chi connectivity index (χ4v) is 2.38. The maximum Gasteiger partial charge on any atom is 0.149 e. The first-order valence-corrected chi connectivity index (χ1v) is 5.93. The van der Waals surface area contributed by atoms with Crippen LogP contribution < -0.4 is 4.90 Å². The van der Waals surface area contributed by atoms with Crippen LogP contribution in [0.4, 0.5) is 5.82 Å². The smallest absolute Gasteiger partial charge is 0.149 e. The Hall–Kier alpha value is -0.830. The monoisotopic (exact) mass is 225 g/mol. The van der Waals surface area contributed by atoms with E-state index < -0.39 is 0 Å². The molecule has 1 aromatic rings. The third-order valence-electron chi connectivity index (χ3n) is 2.89. The quantitative estimate of drug-likeness (QED) is 0.792. The average Bonchev–Trinajstić information content (AvgIpc) is 2.66. The van der Waals surface area contributed by atoms with Gasteiger partial charge in [0.2, 0.25) is 0 Å². The molecular weight excluding hydrogens is 210 g/mol. The summed E-state index contributed by atoms with van der Waals surface area (Å²) >= 11 is 5.85. The Bertz CT molecular complexity index is 329. The normalized spacial score (nSPS) is 20.9. The third kappa shape index (κ3) is 2.40. The van der Waals surface area contributed by atoms with Crippen molar-refractivity contribution < 1.29 is 0 Å². The molecule has 1 aromatic heterocycles. The van der Waals surface area contributed by atoms with Crippen LogP contribution in [0, 0.1) is 0 Å². The van der Waals surface area contributed by atoms with Gasteiger partial charge in [0, 0.05) is 12.6 Å². The second kappa shape index (κ2) is 4.79. The molecule has 0 radical (unpaired) electrons. The summed E-state index contributed by atoms with van der Waals surface area (Å²) in [4.78, 5) is 10.7. The molecule has 15 heavy (non-hydrogen) atoms. The first-order valence-electron chi connectivity index (χ1n) is 5.55. The van der Waals surface area contributed by atoms with Gasteiger partial charge >= 0.3 is 0 Å². The van der Waals surface area contributed by atoms with Crippen LogP contribution in [0.25, 0.3) is 0 Å². The number of hydrogen-bond acceptors (Lipinski definition) is 3. The van der Waals surface area contributed by atoms with E-state index in [4.69, 9.17) is 11.6 Å². The van der Waals surface area contributed by atoms with Crippen molar-refractivity contribution in [3.05, 3.63) is 17.5 Å². The summed E-state index contributed by atoms with van der Waals surface area (Å²) in [5.41, 5.74) is 0. The molecule has 2 heterocycles. The van der Waals surface area contributed by atoms with E-state index in [0.29, 0.717) is 11.2 Å². The predicted molar refractivity (Wildman–Crippen MR) is 62.3 cm³/mol. The van der Waals surface area contributed by atoms with E-state index in [1.807, 2.05) is 0 Å². The molecule has 1 saturated heterocycles. The van der Waals surface area contributed by atoms with Gasteiger partial charge < -0.3 is 4.90 Å². The number of halogens is 1. The van der Waals surface area contributed by atoms with Crippen LogP contribution in [0.15, 0.2) is 12.4 Å². The highest BCUT2D eigenvalue weighted by molar-refractivity contribution is 6.29. The third-order valence-corrected chi connectivity index (χ3v) is 3.07. The molecule has 82 valence electrons. The Kier molecular flexibility index (Phi) is 3.41. The number of rotatable bonds is 3. The SMILES string of the molecule is CCCC1CCCN1c1cncc(Cl)n1. The molecule has 0 spiro atoms. The van der Waals surface area contributed by atoms with Crippen molar-refractivity contribution in [3.63, 3.8) is 0 Å². The summed E-state index contributed by atoms with van der Waals surface area (Å²) < 4.78 is 0. The number of anilines is 1. The van der Waals surface area contributed by atoms with Crippen molar-refractivity contribution in [2.75, 3.05) is 11.4 Å². The van der Waals surface area contributed by atoms with Crippen molar-refractivity contribution in [1.82, 2.24) is 9.97 Å². The molecule has 0 saturated carbocycles. The molecule has 2 rings (SSSR count). The lowest BCUT2D eigenvalue weighted by molar-refractivity contribution is 0.596. The van der Waals surface area contributed by atoms with E-state index in [2.05, 4.69) is 21.8 Å². The summed E-state index contributed by atoms with van der Waals surface area (Å²) in [7, 11) is 0. The zero-order valence-electron chi connectivity index (χ0n) is 8.99. The maximum atomic E-state index is 5.85. The number of aromatic nitrogens is 2. The summed E-state index contributed by atoms with van der Waals surface area (Å²) in [5.74, 6) is 0.929. The highest BCUT2D eigenvalue weighted by Crippen LogP contribution is 2.26. The van der Waals surface area contributed by atoms with Gasteiger partial charge in [-0.1, -0.05) is 24.9 Å². The van der Waals surface area contributed by atoms with Gasteiger partial charge in [-0.05, 0) is 19.3 Å². The largest absolute Gasteiger partial charge is 0.352 e. The second-order valence-electron chi connectivity index (χ2n) is 3.98. The highest BCUT2D eigenvalue weighted by atomic mass is 35.5. The molecule has 0 aromatic carbocycles. The van der Waals surface area contributed by atoms with E-state index in [1.54, 1.807) is 12.4 Å². The second-order valence-corrected chi connectivity index (χ2v) is 4.37. The Morgan fingerprint density at radius 2 is 2.40 bits per heavy atom. The zero-order chi connectivity index (χ0) is 10.7. The summed E-state index contributed by atoms with van der Waals surface area (Å²) in [5, 5.41) is 0.481. The van der Waals surface area contributed by atoms with Crippen molar-refractivity contribution in [2.24, 2.45) is 0 Å². The first kappa shape index (κ1) is 10.7. The maximum absolute atomic E-state index is 5.85. The summed E-state index contributed by atoms with van der Waals surface area (Å²) in [6.45, 7) is 3.31. The molecule has 1 fully saturated rings. The van der Waals surface area contributed by atoms with Crippen molar-refractivity contribution in [3.8, 4) is 0 Å². The average molecular weight is 226 g/mol. The lowest BCUT2D eigenvalue weighted by atomic mass is 10.1. The molecule has 0 aliphatic carbocycles. The minimum absolute atomic E-state index is 0.481. The van der Waals surface area contributed by atoms with E-state index >= 15 is 0 Å². The molecule has 4 heteroatoms. The van der Waals surface area contributed by atoms with Crippen LogP contribution in [0.5, 0.6) is 0 Å². The summed E-state index contributed by atoms with van der Waals surface area (Å²) in [6, 6.07) is 0.628. The van der Waals surface area contributed by atoms with E-state index in [9.17, 15) is 0 Å². The van der Waals surface area contributed by atoms with Gasteiger partial charge in [0.05, 0.1) is 12.4 Å². The predicted octanol–water partition coefficient (Wildman–Crippen LogP) is 2.90. The standard InChI is InChI=1S/C11H16ClN3/c1-2-4-9-5-3-6-15(9)11-8-13-7-10(12)14-11/h7-9H,2-6H2,1H3. The summed E-state index contributed by atoms with van der Waals surface area (Å²) in [6.07, 6.45) is 8.35. The van der Waals surface area contributed by atoms with Crippen molar-refractivity contribution >= 4 is 17.4 Å². The van der Waals surface area contributed by atoms with Crippen molar-refractivity contribution in [2.45, 2.75) is 38.6 Å². The van der Waals surface area contributed by atoms with Gasteiger partial charge in [-0.3, -0.25) is 4.98 Å². The molecular formula is C11H16ClN3. The van der Waals surface area contributed by atoms with E-state index in [-0.39, 0.29) is 0 Å². The molecule has 1 unspecified atom stereocenters. The van der Waals surface area contributed by atoms with Gasteiger partial charge in [-0.25, -0.2) is 4.98 Å². The van der Waals surface area contributed by atoms with E-state index in [0.717, 1.165) is 12.4 Å². The Balaban J connectivity index is 2.15. The lowest BCUT2D eigenvalue weighted by Crippen LogP contribution is -2.29. The van der Waals surface area contributed by atoms with Crippen LogP contribution in [0.3, 0.4) is 0 Å². The van der Waals surface area contributed by atoms with Gasteiger partial charge in [0.1, 0.15) is 11.0 Å². The van der Waals surface area contributed by atoms with Crippen LogP contribution >= 0.6 is 11.6 Å². The van der Waals surface area contributed by atoms with Crippen molar-refractivity contribution in [1.29, 1.82) is 0 Å². The molecule has 0 amide bonds. The Labute approximate surface area is 95.5 Å². The Morgan fingerprint density at radius 3 is 3.13 bits per heavy atom. The minimum Gasteiger partial charge on any atom is -0.352 e. The molecule has 1 aliphatic heterocycles. The fourth-order valence-electron chi connectivity index (χ4n) is 2.24. The van der Waals surface area contributed by atoms with Gasteiger partial charge in [0.25, 0.3) is 0 Å². The van der Waals surface area contributed by atoms with Crippen LogP contribution in [0.2, 0.25) is 5.15 Å². The molecule has 1 aliphatic rings. The molecule has 1 atom stereocenters. The zero-order valence-corrected chi connectivity index (χ0v) is 9.74. The minimum atomic E-state index is 0.481. The van der Waals surface area contributed by atoms with Gasteiger partial charge in [-0.2, -0.15) is 0 Å². The molecule has 0 bridgehead atoms. The lowest BCUT2D eigenvalue weighted by Gasteiger charge is -2.24. The van der Waals surface area contributed by atoms with Gasteiger partial charge in [-0.15, -0.1) is 0 Å².